The van der Waals surface area contributed by atoms with Crippen LogP contribution >= 0.6 is 0 Å². The number of carboxylic acid groups (broad SMARTS) is 1. The van der Waals surface area contributed by atoms with Crippen LogP contribution in [0.5, 0.6) is 0 Å². The van der Waals surface area contributed by atoms with Gasteiger partial charge in [0.15, 0.2) is 5.69 Å². The summed E-state index contributed by atoms with van der Waals surface area (Å²) in [6.07, 6.45) is 2.38. The Balaban J connectivity index is 2.95. The largest absolute Gasteiger partial charge is 0.476 e. The lowest BCUT2D eigenvalue weighted by Crippen LogP contribution is -2.15. The first-order valence-corrected chi connectivity index (χ1v) is 7.24. The first kappa shape index (κ1) is 13.6. The number of rotatable bonds is 6. The van der Waals surface area contributed by atoms with Gasteiger partial charge in [0, 0.05) is 6.26 Å². The fourth-order valence-corrected chi connectivity index (χ4v) is 1.92. The fourth-order valence-electron chi connectivity index (χ4n) is 1.42. The minimum absolute atomic E-state index is 0.0772. The van der Waals surface area contributed by atoms with Crippen molar-refractivity contribution in [3.05, 3.63) is 11.4 Å². The highest BCUT2D eigenvalue weighted by Crippen LogP contribution is 2.08. The van der Waals surface area contributed by atoms with E-state index in [0.717, 1.165) is 12.7 Å². The zero-order valence-corrected chi connectivity index (χ0v) is 10.6. The molecule has 1 N–H and O–H groups in total. The number of hydrogen-bond donors (Lipinski definition) is 1. The van der Waals surface area contributed by atoms with E-state index in [9.17, 15) is 13.2 Å². The second-order valence-electron chi connectivity index (χ2n) is 3.79. The van der Waals surface area contributed by atoms with Gasteiger partial charge in [0.2, 0.25) is 0 Å². The summed E-state index contributed by atoms with van der Waals surface area (Å²) in [6.45, 7) is 2.04. The van der Waals surface area contributed by atoms with Crippen LogP contribution in [-0.4, -0.2) is 46.5 Å². The van der Waals surface area contributed by atoms with Gasteiger partial charge in [0.25, 0.3) is 0 Å². The van der Waals surface area contributed by atoms with E-state index in [1.807, 2.05) is 6.92 Å². The summed E-state index contributed by atoms with van der Waals surface area (Å²) in [6, 6.07) is 0. The van der Waals surface area contributed by atoms with Crippen LogP contribution in [0, 0.1) is 0 Å². The van der Waals surface area contributed by atoms with E-state index in [4.69, 9.17) is 5.11 Å². The molecule has 0 aliphatic carbocycles. The average molecular weight is 261 g/mol. The number of carboxylic acids is 1. The van der Waals surface area contributed by atoms with E-state index in [0.29, 0.717) is 12.1 Å². The maximum absolute atomic E-state index is 11.0. The maximum Gasteiger partial charge on any atom is 0.358 e. The Morgan fingerprint density at radius 2 is 2.12 bits per heavy atom. The summed E-state index contributed by atoms with van der Waals surface area (Å²) in [5, 5.41) is 16.1. The van der Waals surface area contributed by atoms with Crippen molar-refractivity contribution in [2.75, 3.05) is 12.0 Å². The van der Waals surface area contributed by atoms with Gasteiger partial charge in [-0.1, -0.05) is 18.6 Å². The van der Waals surface area contributed by atoms with Gasteiger partial charge in [-0.25, -0.2) is 17.9 Å². The van der Waals surface area contributed by atoms with Crippen molar-refractivity contribution in [1.29, 1.82) is 0 Å². The smallest absolute Gasteiger partial charge is 0.358 e. The summed E-state index contributed by atoms with van der Waals surface area (Å²) in [7, 11) is -3.10. The number of nitrogens with zero attached hydrogens (tertiary/aromatic N) is 3. The summed E-state index contributed by atoms with van der Waals surface area (Å²) in [5.41, 5.74) is 0.379. The molecule has 0 aromatic carbocycles. The molecular weight excluding hydrogens is 246 g/mol. The molecule has 17 heavy (non-hydrogen) atoms. The Morgan fingerprint density at radius 3 is 2.59 bits per heavy atom. The Bertz CT molecular complexity index is 506. The van der Waals surface area contributed by atoms with Crippen molar-refractivity contribution in [2.24, 2.45) is 0 Å². The van der Waals surface area contributed by atoms with Gasteiger partial charge in [-0.2, -0.15) is 0 Å². The van der Waals surface area contributed by atoms with Gasteiger partial charge in [-0.15, -0.1) is 5.10 Å². The highest BCUT2D eigenvalue weighted by molar-refractivity contribution is 7.90. The van der Waals surface area contributed by atoms with Crippen LogP contribution in [0.1, 0.15) is 29.5 Å². The van der Waals surface area contributed by atoms with Crippen LogP contribution in [0.4, 0.5) is 0 Å². The predicted molar refractivity (Wildman–Crippen MR) is 60.7 cm³/mol. The zero-order valence-electron chi connectivity index (χ0n) is 9.75. The quantitative estimate of drug-likeness (QED) is 0.771. The van der Waals surface area contributed by atoms with Gasteiger partial charge in [0.1, 0.15) is 9.84 Å². The van der Waals surface area contributed by atoms with Crippen LogP contribution in [0.2, 0.25) is 0 Å². The minimum atomic E-state index is -3.10. The number of aromatic nitrogens is 3. The zero-order chi connectivity index (χ0) is 13.1. The Kier molecular flexibility index (Phi) is 4.22. The first-order chi connectivity index (χ1) is 7.85. The molecule has 0 saturated heterocycles. The molecule has 1 rings (SSSR count). The Morgan fingerprint density at radius 1 is 1.47 bits per heavy atom. The molecule has 0 radical (unpaired) electrons. The maximum atomic E-state index is 11.0. The van der Waals surface area contributed by atoms with E-state index in [2.05, 4.69) is 10.3 Å². The fraction of sp³-hybridized carbons (Fsp3) is 0.667. The molecule has 0 saturated carbocycles. The van der Waals surface area contributed by atoms with E-state index in [1.54, 1.807) is 0 Å². The number of hydrogen-bond acceptors (Lipinski definition) is 5. The first-order valence-electron chi connectivity index (χ1n) is 5.18. The van der Waals surface area contributed by atoms with E-state index >= 15 is 0 Å². The molecule has 0 aliphatic heterocycles. The van der Waals surface area contributed by atoms with Gasteiger partial charge >= 0.3 is 5.97 Å². The van der Waals surface area contributed by atoms with Crippen LogP contribution < -0.4 is 0 Å². The second-order valence-corrected chi connectivity index (χ2v) is 6.05. The topological polar surface area (TPSA) is 102 Å². The van der Waals surface area contributed by atoms with Gasteiger partial charge < -0.3 is 5.11 Å². The SMILES string of the molecule is CCCc1c(C(=O)O)nnn1CCS(C)(=O)=O. The molecule has 0 unspecified atom stereocenters. The standard InChI is InChI=1S/C9H15N3O4S/c1-3-4-7-8(9(13)14)10-11-12(7)5-6-17(2,15)16/h3-6H2,1-2H3,(H,13,14). The summed E-state index contributed by atoms with van der Waals surface area (Å²) in [4.78, 5) is 10.9. The molecule has 1 aromatic heterocycles. The van der Waals surface area contributed by atoms with Crippen molar-refractivity contribution < 1.29 is 18.3 Å². The third-order valence-electron chi connectivity index (χ3n) is 2.20. The number of aromatic carboxylic acids is 1. The highest BCUT2D eigenvalue weighted by atomic mass is 32.2. The van der Waals surface area contributed by atoms with Crippen molar-refractivity contribution in [1.82, 2.24) is 15.0 Å². The third kappa shape index (κ3) is 3.81. The molecular formula is C9H15N3O4S. The second kappa shape index (κ2) is 5.26. The van der Waals surface area contributed by atoms with Crippen LogP contribution in [0.3, 0.4) is 0 Å². The number of aryl methyl sites for hydroxylation is 1. The number of carbonyl (C=O) groups is 1. The minimum Gasteiger partial charge on any atom is -0.476 e. The molecule has 1 heterocycles. The van der Waals surface area contributed by atoms with Crippen LogP contribution in [0.15, 0.2) is 0 Å². The summed E-state index contributed by atoms with van der Waals surface area (Å²) in [5.74, 6) is -1.22. The molecule has 7 nitrogen and oxygen atoms in total. The Hall–Kier alpha value is -1.44. The lowest BCUT2D eigenvalue weighted by atomic mass is 10.2. The summed E-state index contributed by atoms with van der Waals surface area (Å²) >= 11 is 0. The molecule has 0 fully saturated rings. The van der Waals surface area contributed by atoms with Crippen LogP contribution in [-0.2, 0) is 22.8 Å². The molecule has 0 atom stereocenters. The van der Waals surface area contributed by atoms with Crippen LogP contribution in [0.25, 0.3) is 0 Å². The molecule has 0 spiro atoms. The van der Waals surface area contributed by atoms with Gasteiger partial charge in [-0.3, -0.25) is 0 Å². The predicted octanol–water partition coefficient (Wildman–Crippen LogP) is -0.0266. The molecule has 96 valence electrons. The average Bonchev–Trinajstić information content (AvgIpc) is 2.58. The van der Waals surface area contributed by atoms with Crippen molar-refractivity contribution in [2.45, 2.75) is 26.3 Å². The molecule has 8 heteroatoms. The monoisotopic (exact) mass is 261 g/mol. The van der Waals surface area contributed by atoms with Gasteiger partial charge in [0.05, 0.1) is 18.0 Å². The van der Waals surface area contributed by atoms with E-state index < -0.39 is 15.8 Å². The molecule has 0 aliphatic rings. The van der Waals surface area contributed by atoms with E-state index in [-0.39, 0.29) is 18.0 Å². The number of sulfone groups is 1. The van der Waals surface area contributed by atoms with Gasteiger partial charge in [-0.05, 0) is 6.42 Å². The van der Waals surface area contributed by atoms with E-state index in [1.165, 1.54) is 4.68 Å². The normalized spacial score (nSPS) is 11.6. The molecule has 0 amide bonds. The molecule has 0 bridgehead atoms. The highest BCUT2D eigenvalue weighted by Gasteiger charge is 2.18. The van der Waals surface area contributed by atoms with Crippen molar-refractivity contribution in [3.8, 4) is 0 Å². The summed E-state index contributed by atoms with van der Waals surface area (Å²) < 4.78 is 23.4. The Labute approximate surface area is 99.4 Å². The van der Waals surface area contributed by atoms with Crippen molar-refractivity contribution in [3.63, 3.8) is 0 Å². The lowest BCUT2D eigenvalue weighted by molar-refractivity contribution is 0.0689. The molecule has 1 aromatic rings. The third-order valence-corrected chi connectivity index (χ3v) is 3.13. The lowest BCUT2D eigenvalue weighted by Gasteiger charge is -2.04. The van der Waals surface area contributed by atoms with Crippen molar-refractivity contribution >= 4 is 15.8 Å².